The first kappa shape index (κ1) is 25.1. The second-order valence-corrected chi connectivity index (χ2v) is 7.17. The van der Waals surface area contributed by atoms with Crippen molar-refractivity contribution in [1.82, 2.24) is 10.2 Å². The van der Waals surface area contributed by atoms with Gasteiger partial charge < -0.3 is 33.4 Å². The molecule has 3 amide bonds. The van der Waals surface area contributed by atoms with E-state index in [4.69, 9.17) is 18.6 Å². The molecule has 12 nitrogen and oxygen atoms in total. The Kier molecular flexibility index (Phi) is 7.64. The third-order valence-corrected chi connectivity index (χ3v) is 4.95. The number of nitrogens with zero attached hydrogens (tertiary/aromatic N) is 1. The Labute approximate surface area is 200 Å². The van der Waals surface area contributed by atoms with Crippen LogP contribution in [0.4, 0.5) is 4.79 Å². The van der Waals surface area contributed by atoms with Crippen molar-refractivity contribution >= 4 is 30.0 Å². The third-order valence-electron chi connectivity index (χ3n) is 4.95. The molecule has 0 aliphatic carbocycles. The molecular formula is C23H24N2O10. The molecule has 186 valence electrons. The predicted octanol–water partition coefficient (Wildman–Crippen LogP) is 2.12. The standard InChI is InChI=1S/C23H24N2O10/c1-12(21(27)32-4)34-19-17(30-2)9-13(10-18(19)31-3)8-15-20(26)25(23(29)24-15)11-14-6-7-16(35-14)22(28)33-5/h6-10,12H,11H2,1-5H3,(H,24,29). The Morgan fingerprint density at radius 2 is 1.71 bits per heavy atom. The summed E-state index contributed by atoms with van der Waals surface area (Å²) in [6.45, 7) is 1.32. The monoisotopic (exact) mass is 488 g/mol. The van der Waals surface area contributed by atoms with Gasteiger partial charge in [-0.25, -0.2) is 14.4 Å². The molecule has 1 N–H and O–H groups in total. The van der Waals surface area contributed by atoms with E-state index in [9.17, 15) is 19.2 Å². The van der Waals surface area contributed by atoms with Crippen molar-refractivity contribution in [1.29, 1.82) is 0 Å². The van der Waals surface area contributed by atoms with Crippen LogP contribution in [-0.2, 0) is 25.6 Å². The molecule has 1 aromatic heterocycles. The van der Waals surface area contributed by atoms with Crippen LogP contribution in [0.15, 0.2) is 34.4 Å². The van der Waals surface area contributed by atoms with Crippen molar-refractivity contribution in [3.63, 3.8) is 0 Å². The number of rotatable bonds is 9. The first-order chi connectivity index (χ1) is 16.7. The topological polar surface area (TPSA) is 143 Å². The summed E-state index contributed by atoms with van der Waals surface area (Å²) in [5.41, 5.74) is 0.448. The number of ether oxygens (including phenoxy) is 5. The number of carbonyl (C=O) groups is 4. The summed E-state index contributed by atoms with van der Waals surface area (Å²) >= 11 is 0. The summed E-state index contributed by atoms with van der Waals surface area (Å²) in [4.78, 5) is 49.5. The molecule has 3 rings (SSSR count). The average molecular weight is 488 g/mol. The highest BCUT2D eigenvalue weighted by molar-refractivity contribution is 6.13. The zero-order valence-electron chi connectivity index (χ0n) is 19.7. The molecule has 0 radical (unpaired) electrons. The number of furan rings is 1. The number of methoxy groups -OCH3 is 4. The van der Waals surface area contributed by atoms with E-state index < -0.39 is 30.0 Å². The molecule has 1 aromatic carbocycles. The van der Waals surface area contributed by atoms with Gasteiger partial charge in [0, 0.05) is 0 Å². The highest BCUT2D eigenvalue weighted by atomic mass is 16.6. The molecule has 2 aromatic rings. The summed E-state index contributed by atoms with van der Waals surface area (Å²) in [7, 11) is 5.25. The molecule has 1 unspecified atom stereocenters. The molecule has 12 heteroatoms. The first-order valence-corrected chi connectivity index (χ1v) is 10.2. The normalized spacial score (nSPS) is 15.0. The highest BCUT2D eigenvalue weighted by Gasteiger charge is 2.34. The van der Waals surface area contributed by atoms with E-state index in [0.717, 1.165) is 4.90 Å². The molecule has 1 fully saturated rings. The Morgan fingerprint density at radius 3 is 2.29 bits per heavy atom. The largest absolute Gasteiger partial charge is 0.493 e. The molecule has 2 heterocycles. The Bertz CT molecular complexity index is 1160. The fraction of sp³-hybridized carbons (Fsp3) is 0.304. The quantitative estimate of drug-likeness (QED) is 0.317. The van der Waals surface area contributed by atoms with Gasteiger partial charge in [0.2, 0.25) is 11.5 Å². The van der Waals surface area contributed by atoms with Crippen molar-refractivity contribution in [2.45, 2.75) is 19.6 Å². The van der Waals surface area contributed by atoms with Gasteiger partial charge in [0.25, 0.3) is 5.91 Å². The zero-order chi connectivity index (χ0) is 25.7. The van der Waals surface area contributed by atoms with Crippen LogP contribution in [0, 0.1) is 0 Å². The second kappa shape index (κ2) is 10.6. The molecule has 0 bridgehead atoms. The number of esters is 2. The van der Waals surface area contributed by atoms with Gasteiger partial charge in [-0.2, -0.15) is 0 Å². The smallest absolute Gasteiger partial charge is 0.373 e. The van der Waals surface area contributed by atoms with Crippen LogP contribution in [0.5, 0.6) is 17.2 Å². The number of hydrogen-bond acceptors (Lipinski definition) is 10. The van der Waals surface area contributed by atoms with Crippen molar-refractivity contribution in [2.24, 2.45) is 0 Å². The van der Waals surface area contributed by atoms with Gasteiger partial charge in [-0.3, -0.25) is 9.69 Å². The summed E-state index contributed by atoms with van der Waals surface area (Å²) in [6, 6.07) is 5.29. The lowest BCUT2D eigenvalue weighted by molar-refractivity contribution is -0.148. The maximum absolute atomic E-state index is 12.9. The van der Waals surface area contributed by atoms with Crippen molar-refractivity contribution < 1.29 is 47.3 Å². The van der Waals surface area contributed by atoms with Crippen molar-refractivity contribution in [2.75, 3.05) is 28.4 Å². The molecule has 1 saturated heterocycles. The van der Waals surface area contributed by atoms with Crippen LogP contribution in [0.3, 0.4) is 0 Å². The minimum Gasteiger partial charge on any atom is -0.493 e. The van der Waals surface area contributed by atoms with Crippen LogP contribution >= 0.6 is 0 Å². The third kappa shape index (κ3) is 5.37. The molecule has 0 spiro atoms. The van der Waals surface area contributed by atoms with Gasteiger partial charge in [-0.1, -0.05) is 0 Å². The minimum absolute atomic E-state index is 0.00421. The number of benzene rings is 1. The lowest BCUT2D eigenvalue weighted by Crippen LogP contribution is -2.30. The minimum atomic E-state index is -0.933. The lowest BCUT2D eigenvalue weighted by Gasteiger charge is -2.18. The first-order valence-electron chi connectivity index (χ1n) is 10.2. The van der Waals surface area contributed by atoms with Crippen molar-refractivity contribution in [3.05, 3.63) is 47.0 Å². The number of carbonyl (C=O) groups excluding carboxylic acids is 4. The van der Waals surface area contributed by atoms with E-state index in [1.807, 2.05) is 0 Å². The van der Waals surface area contributed by atoms with Gasteiger partial charge in [0.1, 0.15) is 11.5 Å². The molecule has 0 saturated carbocycles. The molecule has 1 aliphatic heterocycles. The lowest BCUT2D eigenvalue weighted by atomic mass is 10.1. The van der Waals surface area contributed by atoms with Crippen LogP contribution in [-0.4, -0.2) is 63.3 Å². The van der Waals surface area contributed by atoms with Gasteiger partial charge in [-0.15, -0.1) is 0 Å². The van der Waals surface area contributed by atoms with Gasteiger partial charge in [-0.05, 0) is 42.8 Å². The van der Waals surface area contributed by atoms with Crippen LogP contribution in [0.2, 0.25) is 0 Å². The fourth-order valence-corrected chi connectivity index (χ4v) is 3.20. The maximum atomic E-state index is 12.9. The summed E-state index contributed by atoms with van der Waals surface area (Å²) in [6.07, 6.45) is 0.499. The van der Waals surface area contributed by atoms with E-state index in [0.29, 0.717) is 5.56 Å². The fourth-order valence-electron chi connectivity index (χ4n) is 3.20. The Hall–Kier alpha value is -4.48. The van der Waals surface area contributed by atoms with Crippen LogP contribution in [0.1, 0.15) is 28.8 Å². The predicted molar refractivity (Wildman–Crippen MR) is 119 cm³/mol. The number of urea groups is 1. The van der Waals surface area contributed by atoms with E-state index in [1.165, 1.54) is 53.6 Å². The number of nitrogens with one attached hydrogen (secondary N) is 1. The average Bonchev–Trinajstić information content (AvgIpc) is 3.43. The highest BCUT2D eigenvalue weighted by Crippen LogP contribution is 2.40. The second-order valence-electron chi connectivity index (χ2n) is 7.17. The van der Waals surface area contributed by atoms with Gasteiger partial charge >= 0.3 is 18.0 Å². The summed E-state index contributed by atoms with van der Waals surface area (Å²) in [5, 5.41) is 2.50. The molecule has 35 heavy (non-hydrogen) atoms. The van der Waals surface area contributed by atoms with Gasteiger partial charge in [0.15, 0.2) is 17.6 Å². The summed E-state index contributed by atoms with van der Waals surface area (Å²) < 4.78 is 31.0. The number of amides is 3. The SMILES string of the molecule is COC(=O)c1ccc(CN2C(=O)NC(=Cc3cc(OC)c(OC(C)C(=O)OC)c(OC)c3)C2=O)o1. The van der Waals surface area contributed by atoms with E-state index in [-0.39, 0.29) is 41.0 Å². The van der Waals surface area contributed by atoms with E-state index in [1.54, 1.807) is 12.1 Å². The number of imide groups is 1. The Morgan fingerprint density at radius 1 is 1.06 bits per heavy atom. The van der Waals surface area contributed by atoms with E-state index >= 15 is 0 Å². The Balaban J connectivity index is 1.85. The van der Waals surface area contributed by atoms with E-state index in [2.05, 4.69) is 14.8 Å². The zero-order valence-corrected chi connectivity index (χ0v) is 19.7. The van der Waals surface area contributed by atoms with Crippen LogP contribution in [0.25, 0.3) is 6.08 Å². The van der Waals surface area contributed by atoms with Crippen molar-refractivity contribution in [3.8, 4) is 17.2 Å². The summed E-state index contributed by atoms with van der Waals surface area (Å²) in [5.74, 6) is -1.08. The molecule has 1 atom stereocenters. The maximum Gasteiger partial charge on any atom is 0.373 e. The number of hydrogen-bond donors (Lipinski definition) is 1. The molecular weight excluding hydrogens is 464 g/mol. The van der Waals surface area contributed by atoms with Crippen LogP contribution < -0.4 is 19.5 Å². The molecule has 1 aliphatic rings. The van der Waals surface area contributed by atoms with Gasteiger partial charge in [0.05, 0.1) is 35.0 Å².